The lowest BCUT2D eigenvalue weighted by atomic mass is 10.0. The van der Waals surface area contributed by atoms with E-state index in [1.165, 1.54) is 0 Å². The predicted octanol–water partition coefficient (Wildman–Crippen LogP) is 3.00. The molecule has 2 aromatic rings. The van der Waals surface area contributed by atoms with Gasteiger partial charge in [0.25, 0.3) is 0 Å². The Morgan fingerprint density at radius 3 is 2.79 bits per heavy atom. The van der Waals surface area contributed by atoms with Crippen LogP contribution < -0.4 is 0 Å². The minimum atomic E-state index is -0.0768. The normalized spacial score (nSPS) is 19.9. The SMILES string of the molecule is CC(Cl)c1nc2cnccc2n1C1CCN(C)CC1. The van der Waals surface area contributed by atoms with Gasteiger partial charge in [0, 0.05) is 12.2 Å². The first-order valence-electron chi connectivity index (χ1n) is 6.81. The summed E-state index contributed by atoms with van der Waals surface area (Å²) in [5.74, 6) is 0.971. The van der Waals surface area contributed by atoms with Crippen LogP contribution in [-0.2, 0) is 0 Å². The molecule has 0 amide bonds. The van der Waals surface area contributed by atoms with E-state index in [2.05, 4.69) is 26.5 Å². The van der Waals surface area contributed by atoms with E-state index in [4.69, 9.17) is 11.6 Å². The summed E-state index contributed by atoms with van der Waals surface area (Å²) in [5.41, 5.74) is 2.11. The van der Waals surface area contributed by atoms with E-state index in [0.717, 1.165) is 42.8 Å². The number of imidazole rings is 1. The molecule has 1 unspecified atom stereocenters. The minimum Gasteiger partial charge on any atom is -0.323 e. The fourth-order valence-electron chi connectivity index (χ4n) is 2.89. The molecule has 4 nitrogen and oxygen atoms in total. The van der Waals surface area contributed by atoms with Gasteiger partial charge in [-0.25, -0.2) is 4.98 Å². The molecule has 0 saturated carbocycles. The molecule has 19 heavy (non-hydrogen) atoms. The van der Waals surface area contributed by atoms with E-state index in [-0.39, 0.29) is 5.38 Å². The Bertz CT molecular complexity index is 570. The lowest BCUT2D eigenvalue weighted by Gasteiger charge is -2.31. The second-order valence-corrected chi connectivity index (χ2v) is 6.01. The Balaban J connectivity index is 2.07. The largest absolute Gasteiger partial charge is 0.323 e. The number of pyridine rings is 1. The van der Waals surface area contributed by atoms with Crippen LogP contribution in [0.15, 0.2) is 18.5 Å². The van der Waals surface area contributed by atoms with Gasteiger partial charge in [-0.15, -0.1) is 11.6 Å². The molecule has 0 N–H and O–H groups in total. The van der Waals surface area contributed by atoms with Gasteiger partial charge in [-0.05, 0) is 46.0 Å². The van der Waals surface area contributed by atoms with Crippen LogP contribution in [0.25, 0.3) is 11.0 Å². The smallest absolute Gasteiger partial charge is 0.128 e. The zero-order valence-corrected chi connectivity index (χ0v) is 12.1. The van der Waals surface area contributed by atoms with Crippen molar-refractivity contribution in [2.75, 3.05) is 20.1 Å². The number of alkyl halides is 1. The van der Waals surface area contributed by atoms with Gasteiger partial charge in [0.05, 0.1) is 17.1 Å². The summed E-state index contributed by atoms with van der Waals surface area (Å²) in [6.45, 7) is 4.25. The van der Waals surface area contributed by atoms with E-state index in [1.54, 1.807) is 0 Å². The third-order valence-corrected chi connectivity index (χ3v) is 4.12. The number of hydrogen-bond donors (Lipinski definition) is 0. The first-order chi connectivity index (χ1) is 9.16. The van der Waals surface area contributed by atoms with Crippen molar-refractivity contribution in [3.8, 4) is 0 Å². The average Bonchev–Trinajstić information content (AvgIpc) is 2.79. The predicted molar refractivity (Wildman–Crippen MR) is 77.6 cm³/mol. The Labute approximate surface area is 118 Å². The van der Waals surface area contributed by atoms with E-state index in [1.807, 2.05) is 25.4 Å². The number of piperidine rings is 1. The zero-order chi connectivity index (χ0) is 13.4. The average molecular weight is 279 g/mol. The van der Waals surface area contributed by atoms with Crippen molar-refractivity contribution in [3.05, 3.63) is 24.3 Å². The molecule has 0 radical (unpaired) electrons. The van der Waals surface area contributed by atoms with E-state index in [0.29, 0.717) is 6.04 Å². The maximum Gasteiger partial charge on any atom is 0.128 e. The summed E-state index contributed by atoms with van der Waals surface area (Å²) >= 11 is 6.31. The van der Waals surface area contributed by atoms with Gasteiger partial charge >= 0.3 is 0 Å². The van der Waals surface area contributed by atoms with Gasteiger partial charge in [0.1, 0.15) is 11.3 Å². The first-order valence-corrected chi connectivity index (χ1v) is 7.25. The van der Waals surface area contributed by atoms with Gasteiger partial charge in [-0.1, -0.05) is 0 Å². The van der Waals surface area contributed by atoms with Gasteiger partial charge in [-0.2, -0.15) is 0 Å². The second kappa shape index (κ2) is 5.10. The number of halogens is 1. The molecule has 1 fully saturated rings. The summed E-state index contributed by atoms with van der Waals surface area (Å²) in [4.78, 5) is 11.2. The summed E-state index contributed by atoms with van der Waals surface area (Å²) in [6, 6.07) is 2.54. The van der Waals surface area contributed by atoms with Gasteiger partial charge in [0.2, 0.25) is 0 Å². The van der Waals surface area contributed by atoms with Crippen molar-refractivity contribution in [3.63, 3.8) is 0 Å². The molecule has 2 aromatic heterocycles. The molecule has 102 valence electrons. The maximum atomic E-state index is 6.31. The first kappa shape index (κ1) is 12.9. The molecule has 0 aliphatic carbocycles. The summed E-state index contributed by atoms with van der Waals surface area (Å²) in [6.07, 6.45) is 5.96. The standard InChI is InChI=1S/C14H19ClN4/c1-10(15)14-17-12-9-16-6-3-13(12)19(14)11-4-7-18(2)8-5-11/h3,6,9-11H,4-5,7-8H2,1-2H3. The van der Waals surface area contributed by atoms with Crippen molar-refractivity contribution in [1.82, 2.24) is 19.4 Å². The Hall–Kier alpha value is -1.13. The van der Waals surface area contributed by atoms with Crippen LogP contribution in [0.3, 0.4) is 0 Å². The van der Waals surface area contributed by atoms with Crippen LogP contribution in [0.1, 0.15) is 37.0 Å². The molecule has 3 heterocycles. The molecule has 1 atom stereocenters. The Kier molecular flexibility index (Phi) is 3.46. The van der Waals surface area contributed by atoms with Crippen molar-refractivity contribution in [2.24, 2.45) is 0 Å². The quantitative estimate of drug-likeness (QED) is 0.792. The molecular weight excluding hydrogens is 260 g/mol. The molecule has 0 bridgehead atoms. The number of aromatic nitrogens is 3. The highest BCUT2D eigenvalue weighted by Gasteiger charge is 2.24. The van der Waals surface area contributed by atoms with E-state index >= 15 is 0 Å². The topological polar surface area (TPSA) is 34.0 Å². The lowest BCUT2D eigenvalue weighted by molar-refractivity contribution is 0.221. The lowest BCUT2D eigenvalue weighted by Crippen LogP contribution is -2.32. The van der Waals surface area contributed by atoms with E-state index in [9.17, 15) is 0 Å². The minimum absolute atomic E-state index is 0.0768. The number of fused-ring (bicyclic) bond motifs is 1. The maximum absolute atomic E-state index is 6.31. The summed E-state index contributed by atoms with van der Waals surface area (Å²) in [5, 5.41) is -0.0768. The highest BCUT2D eigenvalue weighted by molar-refractivity contribution is 6.20. The zero-order valence-electron chi connectivity index (χ0n) is 11.4. The van der Waals surface area contributed by atoms with Gasteiger partial charge in [0.15, 0.2) is 0 Å². The molecule has 1 saturated heterocycles. The fraction of sp³-hybridized carbons (Fsp3) is 0.571. The van der Waals surface area contributed by atoms with Gasteiger partial charge in [-0.3, -0.25) is 4.98 Å². The Morgan fingerprint density at radius 1 is 1.37 bits per heavy atom. The van der Waals surface area contributed by atoms with Crippen molar-refractivity contribution < 1.29 is 0 Å². The fourth-order valence-corrected chi connectivity index (χ4v) is 3.04. The molecule has 1 aliphatic rings. The Morgan fingerprint density at radius 2 is 2.11 bits per heavy atom. The third-order valence-electron chi connectivity index (χ3n) is 3.93. The number of rotatable bonds is 2. The number of likely N-dealkylation sites (tertiary alicyclic amines) is 1. The highest BCUT2D eigenvalue weighted by Crippen LogP contribution is 2.32. The van der Waals surface area contributed by atoms with Crippen LogP contribution in [0.5, 0.6) is 0 Å². The van der Waals surface area contributed by atoms with Crippen LogP contribution in [0, 0.1) is 0 Å². The van der Waals surface area contributed by atoms with Crippen molar-refractivity contribution in [1.29, 1.82) is 0 Å². The van der Waals surface area contributed by atoms with Crippen molar-refractivity contribution in [2.45, 2.75) is 31.2 Å². The molecule has 1 aliphatic heterocycles. The molecule has 3 rings (SSSR count). The number of nitrogens with zero attached hydrogens (tertiary/aromatic N) is 4. The van der Waals surface area contributed by atoms with Crippen LogP contribution in [0.2, 0.25) is 0 Å². The van der Waals surface area contributed by atoms with Crippen molar-refractivity contribution >= 4 is 22.6 Å². The highest BCUT2D eigenvalue weighted by atomic mass is 35.5. The van der Waals surface area contributed by atoms with Crippen LogP contribution >= 0.6 is 11.6 Å². The molecular formula is C14H19ClN4. The van der Waals surface area contributed by atoms with E-state index < -0.39 is 0 Å². The summed E-state index contributed by atoms with van der Waals surface area (Å²) in [7, 11) is 2.18. The van der Waals surface area contributed by atoms with Crippen LogP contribution in [0.4, 0.5) is 0 Å². The second-order valence-electron chi connectivity index (χ2n) is 5.35. The monoisotopic (exact) mass is 278 g/mol. The third kappa shape index (κ3) is 2.35. The number of hydrogen-bond acceptors (Lipinski definition) is 3. The molecule has 0 spiro atoms. The summed E-state index contributed by atoms with van der Waals surface area (Å²) < 4.78 is 2.34. The molecule has 0 aromatic carbocycles. The van der Waals surface area contributed by atoms with Gasteiger partial charge < -0.3 is 9.47 Å². The molecule has 5 heteroatoms. The van der Waals surface area contributed by atoms with Crippen LogP contribution in [-0.4, -0.2) is 39.6 Å².